The average Bonchev–Trinajstić information content (AvgIpc) is 2.77. The van der Waals surface area contributed by atoms with Crippen LogP contribution in [0.25, 0.3) is 0 Å². The molecule has 146 valence electrons. The van der Waals surface area contributed by atoms with Gasteiger partial charge in [-0.2, -0.15) is 0 Å². The molecular formula is C24H27NO3. The van der Waals surface area contributed by atoms with E-state index in [0.717, 1.165) is 12.3 Å². The molecule has 4 nitrogen and oxygen atoms in total. The highest BCUT2D eigenvalue weighted by Gasteiger charge is 2.14. The number of methoxy groups -OCH3 is 1. The van der Waals surface area contributed by atoms with E-state index in [4.69, 9.17) is 9.47 Å². The van der Waals surface area contributed by atoms with E-state index < -0.39 is 6.10 Å². The van der Waals surface area contributed by atoms with E-state index in [9.17, 15) is 5.11 Å². The minimum absolute atomic E-state index is 0.233. The van der Waals surface area contributed by atoms with Crippen molar-refractivity contribution in [2.75, 3.05) is 26.8 Å². The van der Waals surface area contributed by atoms with E-state index in [1.807, 2.05) is 36.4 Å². The maximum Gasteiger partial charge on any atom is 0.119 e. The van der Waals surface area contributed by atoms with Gasteiger partial charge in [0.1, 0.15) is 24.2 Å². The number of ether oxygens (including phenoxy) is 2. The van der Waals surface area contributed by atoms with Crippen LogP contribution in [0.15, 0.2) is 84.9 Å². The summed E-state index contributed by atoms with van der Waals surface area (Å²) in [6.45, 7) is 1.45. The van der Waals surface area contributed by atoms with Gasteiger partial charge in [-0.1, -0.05) is 60.7 Å². The molecule has 0 aliphatic carbocycles. The van der Waals surface area contributed by atoms with E-state index in [1.54, 1.807) is 7.11 Å². The molecule has 0 bridgehead atoms. The van der Waals surface area contributed by atoms with Crippen molar-refractivity contribution in [3.8, 4) is 11.5 Å². The Bertz CT molecular complexity index is 767. The zero-order chi connectivity index (χ0) is 19.6. The van der Waals surface area contributed by atoms with Gasteiger partial charge in [0.2, 0.25) is 0 Å². The smallest absolute Gasteiger partial charge is 0.119 e. The fourth-order valence-corrected chi connectivity index (χ4v) is 3.12. The standard InChI is InChI=1S/C24H27NO3/c1-27-22-12-14-23(15-13-22)28-18-21(26)16-25-17-24(19-8-4-2-5-9-19)20-10-6-3-7-11-20/h2-15,21,24-26H,16-18H2,1H3. The van der Waals surface area contributed by atoms with Crippen LogP contribution in [0.4, 0.5) is 0 Å². The molecule has 0 aliphatic heterocycles. The molecule has 1 atom stereocenters. The molecule has 3 aromatic carbocycles. The number of aliphatic hydroxyl groups is 1. The van der Waals surface area contributed by atoms with Crippen LogP contribution in [0.2, 0.25) is 0 Å². The Kier molecular flexibility index (Phi) is 7.47. The van der Waals surface area contributed by atoms with Crippen molar-refractivity contribution in [1.82, 2.24) is 5.32 Å². The summed E-state index contributed by atoms with van der Waals surface area (Å²) in [4.78, 5) is 0. The van der Waals surface area contributed by atoms with Crippen LogP contribution < -0.4 is 14.8 Å². The van der Waals surface area contributed by atoms with Crippen LogP contribution in [0.3, 0.4) is 0 Å². The summed E-state index contributed by atoms with van der Waals surface area (Å²) < 4.78 is 10.8. The lowest BCUT2D eigenvalue weighted by Crippen LogP contribution is -2.34. The Morgan fingerprint density at radius 3 is 1.82 bits per heavy atom. The molecule has 28 heavy (non-hydrogen) atoms. The molecule has 0 amide bonds. The fourth-order valence-electron chi connectivity index (χ4n) is 3.12. The van der Waals surface area contributed by atoms with Gasteiger partial charge in [-0.05, 0) is 35.4 Å². The molecule has 0 aromatic heterocycles. The van der Waals surface area contributed by atoms with Gasteiger partial charge in [0.15, 0.2) is 0 Å². The zero-order valence-corrected chi connectivity index (χ0v) is 16.1. The lowest BCUT2D eigenvalue weighted by atomic mass is 9.91. The third kappa shape index (κ3) is 5.84. The molecule has 3 aromatic rings. The molecule has 0 saturated carbocycles. The second-order valence-electron chi connectivity index (χ2n) is 6.67. The maximum atomic E-state index is 10.3. The number of hydrogen-bond acceptors (Lipinski definition) is 4. The summed E-state index contributed by atoms with van der Waals surface area (Å²) in [5.74, 6) is 1.73. The Hall–Kier alpha value is -2.82. The predicted octanol–water partition coefficient (Wildman–Crippen LogP) is 3.86. The topological polar surface area (TPSA) is 50.7 Å². The van der Waals surface area contributed by atoms with E-state index in [1.165, 1.54) is 11.1 Å². The van der Waals surface area contributed by atoms with Crippen molar-refractivity contribution in [2.24, 2.45) is 0 Å². The highest BCUT2D eigenvalue weighted by Crippen LogP contribution is 2.23. The fraction of sp³-hybridized carbons (Fsp3) is 0.250. The van der Waals surface area contributed by atoms with Crippen LogP contribution in [0.1, 0.15) is 17.0 Å². The van der Waals surface area contributed by atoms with Crippen molar-refractivity contribution in [3.05, 3.63) is 96.1 Å². The summed E-state index contributed by atoms with van der Waals surface area (Å²) in [5.41, 5.74) is 2.51. The Labute approximate surface area is 166 Å². The van der Waals surface area contributed by atoms with Gasteiger partial charge in [-0.3, -0.25) is 0 Å². The summed E-state index contributed by atoms with van der Waals surface area (Å²) in [6, 6.07) is 28.2. The minimum Gasteiger partial charge on any atom is -0.497 e. The molecule has 1 unspecified atom stereocenters. The van der Waals surface area contributed by atoms with Gasteiger partial charge in [0, 0.05) is 19.0 Å². The third-order valence-corrected chi connectivity index (χ3v) is 4.63. The SMILES string of the molecule is COc1ccc(OCC(O)CNCC(c2ccccc2)c2ccccc2)cc1. The van der Waals surface area contributed by atoms with Gasteiger partial charge >= 0.3 is 0 Å². The predicted molar refractivity (Wildman–Crippen MR) is 112 cm³/mol. The van der Waals surface area contributed by atoms with Gasteiger partial charge in [-0.15, -0.1) is 0 Å². The molecule has 0 aliphatic rings. The molecule has 4 heteroatoms. The normalized spacial score (nSPS) is 12.0. The molecule has 0 radical (unpaired) electrons. The first-order valence-electron chi connectivity index (χ1n) is 9.52. The molecule has 0 heterocycles. The number of hydrogen-bond donors (Lipinski definition) is 2. The summed E-state index contributed by atoms with van der Waals surface area (Å²) in [7, 11) is 1.63. The minimum atomic E-state index is -0.589. The van der Waals surface area contributed by atoms with Gasteiger partial charge < -0.3 is 19.9 Å². The Morgan fingerprint density at radius 1 is 0.750 bits per heavy atom. The summed E-state index contributed by atoms with van der Waals surface area (Å²) in [6.07, 6.45) is -0.589. The average molecular weight is 377 g/mol. The molecular weight excluding hydrogens is 350 g/mol. The maximum absolute atomic E-state index is 10.3. The second-order valence-corrected chi connectivity index (χ2v) is 6.67. The van der Waals surface area contributed by atoms with Gasteiger partial charge in [0.05, 0.1) is 7.11 Å². The van der Waals surface area contributed by atoms with Crippen LogP contribution >= 0.6 is 0 Å². The van der Waals surface area contributed by atoms with Crippen LogP contribution in [-0.4, -0.2) is 38.0 Å². The highest BCUT2D eigenvalue weighted by atomic mass is 16.5. The largest absolute Gasteiger partial charge is 0.497 e. The first-order chi connectivity index (χ1) is 13.8. The Morgan fingerprint density at radius 2 is 1.29 bits per heavy atom. The first kappa shape index (κ1) is 19.9. The number of nitrogens with one attached hydrogen (secondary N) is 1. The van der Waals surface area contributed by atoms with Crippen LogP contribution in [0, 0.1) is 0 Å². The Balaban J connectivity index is 1.50. The van der Waals surface area contributed by atoms with E-state index >= 15 is 0 Å². The van der Waals surface area contributed by atoms with Crippen LogP contribution in [0.5, 0.6) is 11.5 Å². The summed E-state index contributed by atoms with van der Waals surface area (Å²) in [5, 5.41) is 13.6. The van der Waals surface area contributed by atoms with E-state index in [-0.39, 0.29) is 12.5 Å². The molecule has 3 rings (SSSR count). The van der Waals surface area contributed by atoms with Crippen molar-refractivity contribution in [3.63, 3.8) is 0 Å². The van der Waals surface area contributed by atoms with Gasteiger partial charge in [-0.25, -0.2) is 0 Å². The quantitative estimate of drug-likeness (QED) is 0.563. The number of benzene rings is 3. The molecule has 0 saturated heterocycles. The first-order valence-corrected chi connectivity index (χ1v) is 9.52. The van der Waals surface area contributed by atoms with E-state index in [2.05, 4.69) is 53.8 Å². The monoisotopic (exact) mass is 377 g/mol. The van der Waals surface area contributed by atoms with Crippen LogP contribution in [-0.2, 0) is 0 Å². The zero-order valence-electron chi connectivity index (χ0n) is 16.1. The number of rotatable bonds is 10. The van der Waals surface area contributed by atoms with E-state index in [0.29, 0.717) is 12.3 Å². The molecule has 0 fully saturated rings. The summed E-state index contributed by atoms with van der Waals surface area (Å²) >= 11 is 0. The highest BCUT2D eigenvalue weighted by molar-refractivity contribution is 5.33. The lowest BCUT2D eigenvalue weighted by Gasteiger charge is -2.20. The van der Waals surface area contributed by atoms with Crippen molar-refractivity contribution in [1.29, 1.82) is 0 Å². The van der Waals surface area contributed by atoms with Crippen molar-refractivity contribution in [2.45, 2.75) is 12.0 Å². The van der Waals surface area contributed by atoms with Gasteiger partial charge in [0.25, 0.3) is 0 Å². The number of aliphatic hydroxyl groups excluding tert-OH is 1. The third-order valence-electron chi connectivity index (χ3n) is 4.63. The van der Waals surface area contributed by atoms with Crippen molar-refractivity contribution >= 4 is 0 Å². The lowest BCUT2D eigenvalue weighted by molar-refractivity contribution is 0.106. The molecule has 0 spiro atoms. The van der Waals surface area contributed by atoms with Crippen molar-refractivity contribution < 1.29 is 14.6 Å². The second kappa shape index (κ2) is 10.5. The molecule has 2 N–H and O–H groups in total.